The molecule has 0 atom stereocenters. The van der Waals surface area contributed by atoms with Gasteiger partial charge in [0.2, 0.25) is 12.5 Å². The summed E-state index contributed by atoms with van der Waals surface area (Å²) >= 11 is 0. The molecule has 0 unspecified atom stereocenters. The Labute approximate surface area is 101 Å². The first-order valence-corrected chi connectivity index (χ1v) is 5.42. The van der Waals surface area contributed by atoms with Gasteiger partial charge in [0.1, 0.15) is 0 Å². The Balaban J connectivity index is 2.09. The summed E-state index contributed by atoms with van der Waals surface area (Å²) < 4.78 is 15.9. The van der Waals surface area contributed by atoms with Crippen LogP contribution in [0.3, 0.4) is 0 Å². The lowest BCUT2D eigenvalue weighted by Crippen LogP contribution is -2.13. The van der Waals surface area contributed by atoms with Gasteiger partial charge >= 0.3 is 0 Å². The van der Waals surface area contributed by atoms with Gasteiger partial charge in [0, 0.05) is 6.54 Å². The van der Waals surface area contributed by atoms with Gasteiger partial charge in [0.15, 0.2) is 11.5 Å². The van der Waals surface area contributed by atoms with Crippen LogP contribution >= 0.6 is 0 Å². The van der Waals surface area contributed by atoms with Crippen LogP contribution in [0.5, 0.6) is 17.2 Å². The van der Waals surface area contributed by atoms with Crippen molar-refractivity contribution in [1.29, 1.82) is 0 Å². The van der Waals surface area contributed by atoms with E-state index in [1.165, 1.54) is 0 Å². The van der Waals surface area contributed by atoms with E-state index in [-0.39, 0.29) is 6.79 Å². The van der Waals surface area contributed by atoms with Crippen LogP contribution in [0.15, 0.2) is 12.1 Å². The molecule has 17 heavy (non-hydrogen) atoms. The minimum Gasteiger partial charge on any atom is -0.493 e. The van der Waals surface area contributed by atoms with Gasteiger partial charge in [-0.3, -0.25) is 0 Å². The number of hydrogen-bond donors (Lipinski definition) is 1. The average molecular weight is 233 g/mol. The molecule has 1 N–H and O–H groups in total. The molecule has 2 rings (SSSR count). The van der Waals surface area contributed by atoms with Crippen molar-refractivity contribution in [1.82, 2.24) is 5.32 Å². The number of hydrogen-bond acceptors (Lipinski definition) is 4. The van der Waals surface area contributed by atoms with Crippen LogP contribution in [0.2, 0.25) is 0 Å². The molecule has 1 aliphatic rings. The molecule has 1 aromatic rings. The van der Waals surface area contributed by atoms with Gasteiger partial charge in [-0.15, -0.1) is 5.92 Å². The number of fused-ring (bicyclic) bond motifs is 1. The van der Waals surface area contributed by atoms with E-state index in [0.29, 0.717) is 18.0 Å². The van der Waals surface area contributed by atoms with Gasteiger partial charge < -0.3 is 19.5 Å². The number of ether oxygens (including phenoxy) is 3. The van der Waals surface area contributed by atoms with Gasteiger partial charge in [-0.25, -0.2) is 0 Å². The third kappa shape index (κ3) is 2.63. The van der Waals surface area contributed by atoms with E-state index in [1.54, 1.807) is 7.11 Å². The lowest BCUT2D eigenvalue weighted by Gasteiger charge is -2.08. The summed E-state index contributed by atoms with van der Waals surface area (Å²) in [6.45, 7) is 3.48. The highest BCUT2D eigenvalue weighted by Crippen LogP contribution is 2.41. The zero-order valence-corrected chi connectivity index (χ0v) is 10.0. The first-order chi connectivity index (χ1) is 8.35. The molecule has 0 fully saturated rings. The summed E-state index contributed by atoms with van der Waals surface area (Å²) in [5, 5.41) is 3.22. The highest BCUT2D eigenvalue weighted by atomic mass is 16.7. The van der Waals surface area contributed by atoms with Gasteiger partial charge in [-0.05, 0) is 24.6 Å². The van der Waals surface area contributed by atoms with Crippen molar-refractivity contribution >= 4 is 0 Å². The van der Waals surface area contributed by atoms with E-state index in [4.69, 9.17) is 14.2 Å². The zero-order chi connectivity index (χ0) is 12.1. The summed E-state index contributed by atoms with van der Waals surface area (Å²) in [4.78, 5) is 0. The van der Waals surface area contributed by atoms with Crippen LogP contribution < -0.4 is 19.5 Å². The van der Waals surface area contributed by atoms with E-state index in [0.717, 1.165) is 17.9 Å². The second kappa shape index (κ2) is 5.46. The van der Waals surface area contributed by atoms with Gasteiger partial charge in [-0.1, -0.05) is 5.92 Å². The molecule has 0 saturated carbocycles. The Bertz CT molecular complexity index is 460. The van der Waals surface area contributed by atoms with Crippen molar-refractivity contribution in [2.24, 2.45) is 0 Å². The van der Waals surface area contributed by atoms with Crippen LogP contribution in [0.1, 0.15) is 12.5 Å². The first-order valence-electron chi connectivity index (χ1n) is 5.42. The summed E-state index contributed by atoms with van der Waals surface area (Å²) in [5.41, 5.74) is 1.09. The maximum Gasteiger partial charge on any atom is 0.231 e. The smallest absolute Gasteiger partial charge is 0.231 e. The molecule has 0 aromatic heterocycles. The van der Waals surface area contributed by atoms with Crippen molar-refractivity contribution in [3.05, 3.63) is 17.7 Å². The van der Waals surface area contributed by atoms with Crippen molar-refractivity contribution in [2.75, 3.05) is 20.4 Å². The monoisotopic (exact) mass is 233 g/mol. The minimum atomic E-state index is 0.254. The Kier molecular flexibility index (Phi) is 3.73. The third-order valence-corrected chi connectivity index (χ3v) is 2.44. The highest BCUT2D eigenvalue weighted by molar-refractivity contribution is 5.55. The van der Waals surface area contributed by atoms with Crippen molar-refractivity contribution in [3.8, 4) is 29.1 Å². The molecule has 0 radical (unpaired) electrons. The molecule has 90 valence electrons. The topological polar surface area (TPSA) is 39.7 Å². The Morgan fingerprint density at radius 2 is 2.29 bits per heavy atom. The van der Waals surface area contributed by atoms with Gasteiger partial charge in [-0.2, -0.15) is 0 Å². The summed E-state index contributed by atoms with van der Waals surface area (Å²) in [5.74, 6) is 7.92. The summed E-state index contributed by atoms with van der Waals surface area (Å²) in [6.07, 6.45) is 0. The molecule has 0 bridgehead atoms. The molecule has 1 aliphatic heterocycles. The van der Waals surface area contributed by atoms with E-state index in [9.17, 15) is 0 Å². The normalized spacial score (nSPS) is 11.9. The fourth-order valence-corrected chi connectivity index (χ4v) is 1.64. The van der Waals surface area contributed by atoms with E-state index in [1.807, 2.05) is 19.1 Å². The SMILES string of the molecule is CC#CCNCc1cc(OC)c2c(c1)OCO2. The predicted octanol–water partition coefficient (Wildman–Crippen LogP) is 1.54. The summed E-state index contributed by atoms with van der Waals surface area (Å²) in [6, 6.07) is 3.90. The standard InChI is InChI=1S/C13H15NO3/c1-3-4-5-14-8-10-6-11(15-2)13-12(7-10)16-9-17-13/h6-7,14H,5,8-9H2,1-2H3. The zero-order valence-electron chi connectivity index (χ0n) is 10.0. The largest absolute Gasteiger partial charge is 0.493 e. The van der Waals surface area contributed by atoms with Crippen molar-refractivity contribution in [2.45, 2.75) is 13.5 Å². The average Bonchev–Trinajstić information content (AvgIpc) is 2.81. The number of rotatable bonds is 4. The van der Waals surface area contributed by atoms with Crippen LogP contribution in [0.4, 0.5) is 0 Å². The molecule has 0 aliphatic carbocycles. The minimum absolute atomic E-state index is 0.254. The quantitative estimate of drug-likeness (QED) is 0.632. The maximum atomic E-state index is 5.35. The molecule has 0 saturated heterocycles. The van der Waals surface area contributed by atoms with E-state index in [2.05, 4.69) is 17.2 Å². The lowest BCUT2D eigenvalue weighted by atomic mass is 10.2. The molecule has 4 nitrogen and oxygen atoms in total. The third-order valence-electron chi connectivity index (χ3n) is 2.44. The van der Waals surface area contributed by atoms with Gasteiger partial charge in [0.25, 0.3) is 0 Å². The lowest BCUT2D eigenvalue weighted by molar-refractivity contribution is 0.171. The number of methoxy groups -OCH3 is 1. The highest BCUT2D eigenvalue weighted by Gasteiger charge is 2.19. The Morgan fingerprint density at radius 3 is 3.06 bits per heavy atom. The second-order valence-corrected chi connectivity index (χ2v) is 3.56. The van der Waals surface area contributed by atoms with Crippen molar-refractivity contribution in [3.63, 3.8) is 0 Å². The number of benzene rings is 1. The molecular formula is C13H15NO3. The fourth-order valence-electron chi connectivity index (χ4n) is 1.64. The van der Waals surface area contributed by atoms with Gasteiger partial charge in [0.05, 0.1) is 13.7 Å². The molecular weight excluding hydrogens is 218 g/mol. The summed E-state index contributed by atoms with van der Waals surface area (Å²) in [7, 11) is 1.62. The van der Waals surface area contributed by atoms with E-state index >= 15 is 0 Å². The van der Waals surface area contributed by atoms with Crippen LogP contribution in [-0.4, -0.2) is 20.4 Å². The molecule has 1 aromatic carbocycles. The molecule has 0 amide bonds. The number of nitrogens with one attached hydrogen (secondary N) is 1. The molecule has 1 heterocycles. The first kappa shape index (κ1) is 11.6. The van der Waals surface area contributed by atoms with E-state index < -0.39 is 0 Å². The van der Waals surface area contributed by atoms with Crippen LogP contribution in [0.25, 0.3) is 0 Å². The molecule has 0 spiro atoms. The Morgan fingerprint density at radius 1 is 1.41 bits per heavy atom. The van der Waals surface area contributed by atoms with Crippen molar-refractivity contribution < 1.29 is 14.2 Å². The van der Waals surface area contributed by atoms with Crippen LogP contribution in [-0.2, 0) is 6.54 Å². The van der Waals surface area contributed by atoms with Crippen LogP contribution in [0, 0.1) is 11.8 Å². The maximum absolute atomic E-state index is 5.35. The molecule has 4 heteroatoms. The second-order valence-electron chi connectivity index (χ2n) is 3.56. The predicted molar refractivity (Wildman–Crippen MR) is 64.3 cm³/mol. The Hall–Kier alpha value is -1.86. The fraction of sp³-hybridized carbons (Fsp3) is 0.385.